The maximum absolute atomic E-state index is 11.9. The van der Waals surface area contributed by atoms with Gasteiger partial charge in [0.15, 0.2) is 14.7 Å². The zero-order valence-corrected chi connectivity index (χ0v) is 17.7. The molecule has 0 saturated carbocycles. The number of hydrogen-bond acceptors (Lipinski definition) is 2. The van der Waals surface area contributed by atoms with Gasteiger partial charge < -0.3 is 0 Å². The van der Waals surface area contributed by atoms with Crippen LogP contribution < -0.4 is 0 Å². The minimum atomic E-state index is -6.41. The van der Waals surface area contributed by atoms with E-state index in [0.717, 1.165) is 0 Å². The van der Waals surface area contributed by atoms with Crippen LogP contribution in [0.5, 0.6) is 0 Å². The molecule has 0 heterocycles. The molecule has 0 aliphatic rings. The Morgan fingerprint density at radius 2 is 0.938 bits per heavy atom. The van der Waals surface area contributed by atoms with Crippen molar-refractivity contribution in [3.05, 3.63) is 91.0 Å². The summed E-state index contributed by atoms with van der Waals surface area (Å²) >= 11 is 0. The Morgan fingerprint density at radius 1 is 0.656 bits per heavy atom. The predicted molar refractivity (Wildman–Crippen MR) is 109 cm³/mol. The van der Waals surface area contributed by atoms with Crippen molar-refractivity contribution in [2.75, 3.05) is 0 Å². The highest BCUT2D eigenvalue weighted by Gasteiger charge is 2.64. The summed E-state index contributed by atoms with van der Waals surface area (Å²) < 4.78 is 96.1. The lowest BCUT2D eigenvalue weighted by Gasteiger charge is -2.19. The molecule has 0 aromatic heterocycles. The fourth-order valence-electron chi connectivity index (χ4n) is 2.40. The highest BCUT2D eigenvalue weighted by molar-refractivity contribution is 7.97. The van der Waals surface area contributed by atoms with Crippen LogP contribution in [0.1, 0.15) is 0 Å². The number of benzene rings is 3. The van der Waals surface area contributed by atoms with Gasteiger partial charge in [-0.15, -0.1) is 0 Å². The molecule has 0 radical (unpaired) electrons. The van der Waals surface area contributed by atoms with Crippen molar-refractivity contribution in [1.29, 1.82) is 0 Å². The average Bonchev–Trinajstić information content (AvgIpc) is 2.75. The number of halogens is 6. The lowest BCUT2D eigenvalue weighted by atomic mass is 10.4. The van der Waals surface area contributed by atoms with Crippen molar-refractivity contribution < 1.29 is 39.3 Å². The van der Waals surface area contributed by atoms with E-state index in [-0.39, 0.29) is 10.9 Å². The third-order valence-corrected chi connectivity index (χ3v) is 6.99. The number of alkyl halides is 6. The highest BCUT2D eigenvalue weighted by Crippen LogP contribution is 2.37. The summed E-state index contributed by atoms with van der Waals surface area (Å²) in [6.07, 6.45) is -11.0. The summed E-state index contributed by atoms with van der Waals surface area (Å²) in [6.45, 7) is 0. The Morgan fingerprint density at radius 3 is 1.12 bits per heavy atom. The molecule has 172 valence electrons. The molecule has 3 rings (SSSR count). The third-order valence-electron chi connectivity index (χ3n) is 3.86. The maximum atomic E-state index is 11.9. The van der Waals surface area contributed by atoms with Crippen LogP contribution in [0, 0.1) is 0 Å². The molecular weight excluding hydrogens is 478 g/mol. The summed E-state index contributed by atoms with van der Waals surface area (Å²) in [5, 5.41) is -5.88. The van der Waals surface area contributed by atoms with E-state index >= 15 is 0 Å². The van der Waals surface area contributed by atoms with Crippen LogP contribution in [-0.2, 0) is 21.0 Å². The number of rotatable bonds is 5. The molecule has 0 saturated heterocycles. The molecule has 32 heavy (non-hydrogen) atoms. The van der Waals surface area contributed by atoms with Crippen molar-refractivity contribution in [3.63, 3.8) is 0 Å². The highest BCUT2D eigenvalue weighted by atomic mass is 32.2. The molecule has 0 aliphatic heterocycles. The van der Waals surface area contributed by atoms with Gasteiger partial charge in [-0.2, -0.15) is 30.4 Å². The largest absolute Gasteiger partial charge is 0.426 e. The van der Waals surface area contributed by atoms with Crippen LogP contribution in [-0.4, -0.2) is 30.6 Å². The molecule has 3 aromatic rings. The van der Waals surface area contributed by atoms with Crippen molar-refractivity contribution in [1.82, 2.24) is 0 Å². The monoisotopic (exact) mass is 495 g/mol. The quantitative estimate of drug-likeness (QED) is 0.263. The van der Waals surface area contributed by atoms with Crippen LogP contribution >= 0.6 is 0 Å². The van der Waals surface area contributed by atoms with Crippen LogP contribution in [0.15, 0.2) is 106 Å². The topological polar surface area (TPSA) is 54.4 Å². The van der Waals surface area contributed by atoms with E-state index in [2.05, 4.69) is 91.0 Å². The molecule has 0 spiro atoms. The van der Waals surface area contributed by atoms with Crippen LogP contribution in [0.2, 0.25) is 0 Å². The van der Waals surface area contributed by atoms with E-state index in [9.17, 15) is 34.8 Å². The van der Waals surface area contributed by atoms with E-state index in [4.69, 9.17) is 4.55 Å². The maximum Gasteiger partial charge on any atom is 0.426 e. The first kappa shape index (κ1) is 25.8. The van der Waals surface area contributed by atoms with Crippen molar-refractivity contribution >= 4 is 21.0 Å². The van der Waals surface area contributed by atoms with Crippen LogP contribution in [0.4, 0.5) is 26.3 Å². The van der Waals surface area contributed by atoms with Gasteiger partial charge in [-0.25, -0.2) is 4.39 Å². The standard InChI is InChI=1S/C18H15S.C3H2F6O3S/c1-4-10-16(11-5-1)19(17-12-6-2-7-13-17)18-14-8-3-9-15-18;4-1(2(5,6)7)3(8,9)13(10,11)12/h1-15H;1H,(H,10,11,12)/q+1;. The molecule has 0 aliphatic carbocycles. The van der Waals surface area contributed by atoms with Gasteiger partial charge in [0.1, 0.15) is 0 Å². The first-order valence-electron chi connectivity index (χ1n) is 8.80. The summed E-state index contributed by atoms with van der Waals surface area (Å²) in [5.74, 6) is 0. The smallest absolute Gasteiger partial charge is 0.281 e. The zero-order chi connectivity index (χ0) is 24.0. The van der Waals surface area contributed by atoms with Crippen molar-refractivity contribution in [3.8, 4) is 0 Å². The summed E-state index contributed by atoms with van der Waals surface area (Å²) in [6, 6.07) is 32.2. The van der Waals surface area contributed by atoms with Crippen molar-refractivity contribution in [2.45, 2.75) is 32.3 Å². The van der Waals surface area contributed by atoms with Gasteiger partial charge in [-0.3, -0.25) is 4.55 Å². The fraction of sp³-hybridized carbons (Fsp3) is 0.143. The van der Waals surface area contributed by atoms with Gasteiger partial charge in [0, 0.05) is 0 Å². The van der Waals surface area contributed by atoms with E-state index < -0.39 is 27.7 Å². The molecule has 3 aromatic carbocycles. The molecule has 1 unspecified atom stereocenters. The van der Waals surface area contributed by atoms with Gasteiger partial charge in [0.25, 0.3) is 6.17 Å². The average molecular weight is 495 g/mol. The predicted octanol–water partition coefficient (Wildman–Crippen LogP) is 6.15. The Kier molecular flexibility index (Phi) is 8.38. The van der Waals surface area contributed by atoms with Crippen LogP contribution in [0.25, 0.3) is 0 Å². The molecule has 0 amide bonds. The summed E-state index contributed by atoms with van der Waals surface area (Å²) in [7, 11) is -6.43. The van der Waals surface area contributed by atoms with Crippen LogP contribution in [0.3, 0.4) is 0 Å². The van der Waals surface area contributed by atoms with E-state index in [1.54, 1.807) is 0 Å². The summed E-state index contributed by atoms with van der Waals surface area (Å²) in [4.78, 5) is 4.08. The number of hydrogen-bond donors (Lipinski definition) is 1. The Labute approximate surface area is 183 Å². The molecule has 3 nitrogen and oxygen atoms in total. The van der Waals surface area contributed by atoms with E-state index in [1.165, 1.54) is 14.7 Å². The lowest BCUT2D eigenvalue weighted by Crippen LogP contribution is -2.46. The first-order chi connectivity index (χ1) is 14.9. The van der Waals surface area contributed by atoms with Crippen molar-refractivity contribution in [2.24, 2.45) is 0 Å². The first-order valence-corrected chi connectivity index (χ1v) is 11.5. The second-order valence-corrected chi connectivity index (χ2v) is 9.71. The SMILES string of the molecule is O=S(=O)(O)C(F)(F)C(F)C(F)(F)F.c1ccc([S+](c2ccccc2)c2ccccc2)cc1. The van der Waals surface area contributed by atoms with E-state index in [0.29, 0.717) is 0 Å². The molecular formula is C21H17F6O3S2+. The van der Waals surface area contributed by atoms with E-state index in [1.807, 2.05) is 0 Å². The molecule has 1 atom stereocenters. The molecule has 0 bridgehead atoms. The third kappa shape index (κ3) is 6.50. The second kappa shape index (κ2) is 10.4. The second-order valence-electron chi connectivity index (χ2n) is 6.19. The molecule has 0 fully saturated rings. The minimum absolute atomic E-state index is 0.0146. The van der Waals surface area contributed by atoms with Gasteiger partial charge in [-0.05, 0) is 36.4 Å². The fourth-order valence-corrected chi connectivity index (χ4v) is 4.90. The minimum Gasteiger partial charge on any atom is -0.281 e. The zero-order valence-electron chi connectivity index (χ0n) is 16.1. The van der Waals surface area contributed by atoms with Gasteiger partial charge in [0.05, 0.1) is 10.9 Å². The van der Waals surface area contributed by atoms with Gasteiger partial charge in [-0.1, -0.05) is 54.6 Å². The lowest BCUT2D eigenvalue weighted by molar-refractivity contribution is -0.223. The normalized spacial score (nSPS) is 13.2. The van der Waals surface area contributed by atoms with Gasteiger partial charge in [0.2, 0.25) is 0 Å². The summed E-state index contributed by atoms with van der Waals surface area (Å²) in [5.41, 5.74) is 0. The Balaban J connectivity index is 0.000000247. The molecule has 11 heteroatoms. The van der Waals surface area contributed by atoms with Gasteiger partial charge >= 0.3 is 21.5 Å². The molecule has 1 N–H and O–H groups in total. The Hall–Kier alpha value is -2.50. The Bertz CT molecular complexity index is 983.